The lowest BCUT2D eigenvalue weighted by Crippen LogP contribution is -2.40. The number of esters is 1. The van der Waals surface area contributed by atoms with Crippen LogP contribution in [0.1, 0.15) is 37.9 Å². The molecule has 2 aromatic carbocycles. The summed E-state index contributed by atoms with van der Waals surface area (Å²) in [6.45, 7) is 5.24. The smallest absolute Gasteiger partial charge is 0.338 e. The van der Waals surface area contributed by atoms with Crippen molar-refractivity contribution < 1.29 is 24.1 Å². The van der Waals surface area contributed by atoms with Crippen LogP contribution in [0.4, 0.5) is 0 Å². The molecule has 1 unspecified atom stereocenters. The summed E-state index contributed by atoms with van der Waals surface area (Å²) in [4.78, 5) is 32.0. The van der Waals surface area contributed by atoms with Crippen LogP contribution < -0.4 is 24.4 Å². The lowest BCUT2D eigenvalue weighted by atomic mass is 9.94. The van der Waals surface area contributed by atoms with Crippen molar-refractivity contribution in [2.75, 3.05) is 14.2 Å². The standard InChI is InChI=1S/C26H26N2O6S/c1-14(2)34-25(31)22-15(3)27-26-28(23(22)18-13-17(32-4)10-11-20(18)33-5)24(30)21(35-26)12-16-8-6-7-9-19(16)29/h6-14,23,29H,1-5H3. The van der Waals surface area contributed by atoms with E-state index in [1.165, 1.54) is 23.0 Å². The van der Waals surface area contributed by atoms with E-state index in [1.807, 2.05) is 0 Å². The Kier molecular flexibility index (Phi) is 6.79. The fourth-order valence-corrected chi connectivity index (χ4v) is 5.00. The number of carbonyl (C=O) groups excluding carboxylic acids is 1. The van der Waals surface area contributed by atoms with Crippen molar-refractivity contribution in [2.24, 2.45) is 4.99 Å². The number of nitrogens with zero attached hydrogens (tertiary/aromatic N) is 2. The monoisotopic (exact) mass is 494 g/mol. The number of hydrogen-bond donors (Lipinski definition) is 1. The van der Waals surface area contributed by atoms with Gasteiger partial charge in [0.25, 0.3) is 5.56 Å². The summed E-state index contributed by atoms with van der Waals surface area (Å²) in [5, 5.41) is 10.2. The number of thiazole rings is 1. The van der Waals surface area contributed by atoms with E-state index in [1.54, 1.807) is 76.4 Å². The minimum absolute atomic E-state index is 0.0572. The van der Waals surface area contributed by atoms with Gasteiger partial charge in [-0.25, -0.2) is 9.79 Å². The van der Waals surface area contributed by atoms with E-state index in [-0.39, 0.29) is 23.0 Å². The molecule has 8 nitrogen and oxygen atoms in total. The Hall–Kier alpha value is -3.85. The first kappa shape index (κ1) is 24.3. The van der Waals surface area contributed by atoms with Crippen LogP contribution in [-0.4, -0.2) is 36.0 Å². The minimum atomic E-state index is -0.853. The van der Waals surface area contributed by atoms with Crippen LogP contribution in [0.25, 0.3) is 6.08 Å². The molecule has 2 heterocycles. The molecule has 0 amide bonds. The number of rotatable bonds is 6. The quantitative estimate of drug-likeness (QED) is 0.529. The molecule has 0 spiro atoms. The highest BCUT2D eigenvalue weighted by Crippen LogP contribution is 2.38. The number of allylic oxidation sites excluding steroid dienone is 1. The molecule has 1 atom stereocenters. The van der Waals surface area contributed by atoms with Crippen molar-refractivity contribution in [3.8, 4) is 17.2 Å². The van der Waals surface area contributed by atoms with Crippen molar-refractivity contribution in [1.29, 1.82) is 0 Å². The summed E-state index contributed by atoms with van der Waals surface area (Å²) in [6.07, 6.45) is 1.26. The number of methoxy groups -OCH3 is 2. The summed E-state index contributed by atoms with van der Waals surface area (Å²) in [5.74, 6) is 0.520. The third-order valence-corrected chi connectivity index (χ3v) is 6.52. The fraction of sp³-hybridized carbons (Fsp3) is 0.269. The lowest BCUT2D eigenvalue weighted by Gasteiger charge is -2.26. The SMILES string of the molecule is COc1ccc(OC)c(C2C(C(=O)OC(C)C)=C(C)N=c3sc(=Cc4ccccc4O)c(=O)n32)c1. The van der Waals surface area contributed by atoms with Crippen molar-refractivity contribution in [3.63, 3.8) is 0 Å². The van der Waals surface area contributed by atoms with Crippen LogP contribution in [0, 0.1) is 0 Å². The van der Waals surface area contributed by atoms with Gasteiger partial charge in [0.15, 0.2) is 4.80 Å². The number of fused-ring (bicyclic) bond motifs is 1. The van der Waals surface area contributed by atoms with Gasteiger partial charge in [0, 0.05) is 11.1 Å². The van der Waals surface area contributed by atoms with Gasteiger partial charge in [-0.2, -0.15) is 0 Å². The summed E-state index contributed by atoms with van der Waals surface area (Å²) in [5.41, 5.74) is 1.40. The first-order valence-electron chi connectivity index (χ1n) is 11.0. The number of aromatic nitrogens is 1. The highest BCUT2D eigenvalue weighted by molar-refractivity contribution is 7.07. The summed E-state index contributed by atoms with van der Waals surface area (Å²) in [6, 6.07) is 11.1. The fourth-order valence-electron chi connectivity index (χ4n) is 3.96. The largest absolute Gasteiger partial charge is 0.507 e. The Morgan fingerprint density at radius 1 is 1.17 bits per heavy atom. The maximum Gasteiger partial charge on any atom is 0.338 e. The zero-order valence-corrected chi connectivity index (χ0v) is 20.9. The van der Waals surface area contributed by atoms with E-state index in [2.05, 4.69) is 4.99 Å². The number of hydrogen-bond acceptors (Lipinski definition) is 8. The van der Waals surface area contributed by atoms with Gasteiger partial charge in [0.2, 0.25) is 0 Å². The first-order valence-corrected chi connectivity index (χ1v) is 11.8. The van der Waals surface area contributed by atoms with Gasteiger partial charge in [-0.1, -0.05) is 29.5 Å². The predicted octanol–water partition coefficient (Wildman–Crippen LogP) is 2.91. The van der Waals surface area contributed by atoms with Gasteiger partial charge in [-0.15, -0.1) is 0 Å². The van der Waals surface area contributed by atoms with Gasteiger partial charge in [0.05, 0.1) is 36.1 Å². The molecule has 3 aromatic rings. The Morgan fingerprint density at radius 3 is 2.57 bits per heavy atom. The molecule has 35 heavy (non-hydrogen) atoms. The molecule has 0 aliphatic carbocycles. The van der Waals surface area contributed by atoms with Crippen molar-refractivity contribution in [2.45, 2.75) is 32.9 Å². The summed E-state index contributed by atoms with van der Waals surface area (Å²) in [7, 11) is 3.06. The van der Waals surface area contributed by atoms with Gasteiger partial charge in [-0.05, 0) is 51.1 Å². The van der Waals surface area contributed by atoms with Crippen LogP contribution in [0.15, 0.2) is 63.5 Å². The van der Waals surface area contributed by atoms with E-state index in [0.29, 0.717) is 37.7 Å². The third kappa shape index (κ3) is 4.59. The molecule has 0 fully saturated rings. The van der Waals surface area contributed by atoms with Crippen molar-refractivity contribution in [1.82, 2.24) is 4.57 Å². The van der Waals surface area contributed by atoms with E-state index in [0.717, 1.165) is 0 Å². The Morgan fingerprint density at radius 2 is 1.91 bits per heavy atom. The van der Waals surface area contributed by atoms with Gasteiger partial charge in [0.1, 0.15) is 23.3 Å². The second-order valence-corrected chi connectivity index (χ2v) is 9.21. The zero-order valence-electron chi connectivity index (χ0n) is 20.1. The maximum absolute atomic E-state index is 13.7. The molecule has 1 N–H and O–H groups in total. The van der Waals surface area contributed by atoms with Crippen molar-refractivity contribution >= 4 is 23.4 Å². The molecule has 4 rings (SSSR count). The summed E-state index contributed by atoms with van der Waals surface area (Å²) < 4.78 is 18.4. The normalized spacial score (nSPS) is 15.6. The van der Waals surface area contributed by atoms with E-state index >= 15 is 0 Å². The number of ether oxygens (including phenoxy) is 3. The molecule has 0 bridgehead atoms. The highest BCUT2D eigenvalue weighted by Gasteiger charge is 2.35. The van der Waals surface area contributed by atoms with Crippen molar-refractivity contribution in [3.05, 3.63) is 84.5 Å². The average Bonchev–Trinajstić information content (AvgIpc) is 3.13. The number of benzene rings is 2. The van der Waals surface area contributed by atoms with E-state index < -0.39 is 12.0 Å². The lowest BCUT2D eigenvalue weighted by molar-refractivity contribution is -0.143. The number of phenols is 1. The molecular formula is C26H26N2O6S. The molecule has 0 radical (unpaired) electrons. The minimum Gasteiger partial charge on any atom is -0.507 e. The van der Waals surface area contributed by atoms with Gasteiger partial charge < -0.3 is 19.3 Å². The number of carbonyl (C=O) groups is 1. The molecule has 1 aromatic heterocycles. The van der Waals surface area contributed by atoms with E-state index in [9.17, 15) is 14.7 Å². The zero-order chi connectivity index (χ0) is 25.3. The molecule has 0 saturated heterocycles. The number of phenolic OH excluding ortho intramolecular Hbond substituents is 1. The highest BCUT2D eigenvalue weighted by atomic mass is 32.1. The number of aromatic hydroxyl groups is 1. The van der Waals surface area contributed by atoms with Crippen LogP contribution in [0.3, 0.4) is 0 Å². The third-order valence-electron chi connectivity index (χ3n) is 5.54. The van der Waals surface area contributed by atoms with Gasteiger partial charge >= 0.3 is 5.97 Å². The molecule has 182 valence electrons. The van der Waals surface area contributed by atoms with Gasteiger partial charge in [-0.3, -0.25) is 9.36 Å². The molecule has 1 aliphatic heterocycles. The number of para-hydroxylation sites is 1. The first-order chi connectivity index (χ1) is 16.7. The van der Waals surface area contributed by atoms with Crippen LogP contribution in [-0.2, 0) is 9.53 Å². The Labute approximate surface area is 206 Å². The Bertz CT molecular complexity index is 1500. The molecule has 1 aliphatic rings. The van der Waals surface area contributed by atoms with Crippen LogP contribution >= 0.6 is 11.3 Å². The second kappa shape index (κ2) is 9.79. The van der Waals surface area contributed by atoms with E-state index in [4.69, 9.17) is 14.2 Å². The Balaban J connectivity index is 2.03. The summed E-state index contributed by atoms with van der Waals surface area (Å²) >= 11 is 1.18. The molecular weight excluding hydrogens is 468 g/mol. The predicted molar refractivity (Wildman–Crippen MR) is 133 cm³/mol. The average molecular weight is 495 g/mol. The van der Waals surface area contributed by atoms with Crippen LogP contribution in [0.5, 0.6) is 17.2 Å². The topological polar surface area (TPSA) is 99.4 Å². The second-order valence-electron chi connectivity index (χ2n) is 8.20. The van der Waals surface area contributed by atoms with Crippen LogP contribution in [0.2, 0.25) is 0 Å². The molecule has 0 saturated carbocycles. The maximum atomic E-state index is 13.7. The molecule has 9 heteroatoms.